The van der Waals surface area contributed by atoms with Crippen molar-refractivity contribution >= 4 is 23.2 Å². The first-order valence-corrected chi connectivity index (χ1v) is 7.97. The zero-order valence-electron chi connectivity index (χ0n) is 13.4. The SMILES string of the molecule is Cc1ccccc1OCC[NH+](C)CC(=O)Nc1ccc(Cl)cc1. The van der Waals surface area contributed by atoms with E-state index in [0.29, 0.717) is 18.2 Å². The molecule has 0 aliphatic rings. The van der Waals surface area contributed by atoms with Gasteiger partial charge < -0.3 is 15.0 Å². The van der Waals surface area contributed by atoms with Gasteiger partial charge in [-0.15, -0.1) is 0 Å². The van der Waals surface area contributed by atoms with Gasteiger partial charge in [0.25, 0.3) is 5.91 Å². The first kappa shape index (κ1) is 17.3. The number of anilines is 1. The average molecular weight is 334 g/mol. The van der Waals surface area contributed by atoms with E-state index in [1.165, 1.54) is 0 Å². The van der Waals surface area contributed by atoms with E-state index in [9.17, 15) is 4.79 Å². The van der Waals surface area contributed by atoms with E-state index < -0.39 is 0 Å². The normalized spacial score (nSPS) is 11.8. The van der Waals surface area contributed by atoms with Crippen LogP contribution in [0.5, 0.6) is 5.75 Å². The zero-order chi connectivity index (χ0) is 16.7. The molecule has 0 spiro atoms. The minimum absolute atomic E-state index is 0.0271. The van der Waals surface area contributed by atoms with Gasteiger partial charge in [0.2, 0.25) is 0 Å². The Bertz CT molecular complexity index is 644. The summed E-state index contributed by atoms with van der Waals surface area (Å²) in [6.45, 7) is 3.73. The van der Waals surface area contributed by atoms with E-state index in [-0.39, 0.29) is 5.91 Å². The van der Waals surface area contributed by atoms with E-state index in [2.05, 4.69) is 5.32 Å². The fourth-order valence-electron chi connectivity index (χ4n) is 2.15. The van der Waals surface area contributed by atoms with Gasteiger partial charge in [-0.2, -0.15) is 0 Å². The molecule has 0 saturated heterocycles. The molecule has 1 amide bonds. The fourth-order valence-corrected chi connectivity index (χ4v) is 2.28. The summed E-state index contributed by atoms with van der Waals surface area (Å²) >= 11 is 5.82. The number of rotatable bonds is 7. The van der Waals surface area contributed by atoms with Crippen molar-refractivity contribution in [1.82, 2.24) is 0 Å². The number of benzene rings is 2. The molecule has 0 heterocycles. The quantitative estimate of drug-likeness (QED) is 0.815. The molecule has 2 rings (SSSR count). The summed E-state index contributed by atoms with van der Waals surface area (Å²) in [6, 6.07) is 15.0. The van der Waals surface area contributed by atoms with Crippen molar-refractivity contribution in [2.24, 2.45) is 0 Å². The average Bonchev–Trinajstić information content (AvgIpc) is 2.51. The second-order valence-corrected chi connectivity index (χ2v) is 5.99. The molecule has 2 aromatic rings. The number of hydrogen-bond acceptors (Lipinski definition) is 2. The van der Waals surface area contributed by atoms with Gasteiger partial charge in [0.05, 0.1) is 7.05 Å². The zero-order valence-corrected chi connectivity index (χ0v) is 14.2. The minimum atomic E-state index is -0.0271. The first-order chi connectivity index (χ1) is 11.0. The van der Waals surface area contributed by atoms with E-state index in [1.54, 1.807) is 24.3 Å². The van der Waals surface area contributed by atoms with E-state index >= 15 is 0 Å². The number of amides is 1. The third-order valence-corrected chi connectivity index (χ3v) is 3.72. The van der Waals surface area contributed by atoms with Crippen LogP contribution in [-0.4, -0.2) is 32.7 Å². The predicted octanol–water partition coefficient (Wildman–Crippen LogP) is 2.18. The van der Waals surface area contributed by atoms with Crippen LogP contribution in [0.2, 0.25) is 5.02 Å². The Hall–Kier alpha value is -2.04. The highest BCUT2D eigenvalue weighted by Gasteiger charge is 2.10. The highest BCUT2D eigenvalue weighted by molar-refractivity contribution is 6.30. The number of carbonyl (C=O) groups excluding carboxylic acids is 1. The molecule has 0 radical (unpaired) electrons. The Kier molecular flexibility index (Phi) is 6.44. The molecule has 0 aliphatic carbocycles. The highest BCUT2D eigenvalue weighted by atomic mass is 35.5. The Morgan fingerprint density at radius 1 is 1.17 bits per heavy atom. The molecule has 0 aromatic heterocycles. The van der Waals surface area contributed by atoms with Gasteiger partial charge >= 0.3 is 0 Å². The number of ether oxygens (including phenoxy) is 1. The molecule has 122 valence electrons. The van der Waals surface area contributed by atoms with Crippen LogP contribution >= 0.6 is 11.6 Å². The monoisotopic (exact) mass is 333 g/mol. The number of nitrogens with one attached hydrogen (secondary N) is 2. The second-order valence-electron chi connectivity index (χ2n) is 5.55. The molecule has 1 unspecified atom stereocenters. The standard InChI is InChI=1S/C18H21ClN2O2/c1-14-5-3-4-6-17(14)23-12-11-21(2)13-18(22)20-16-9-7-15(19)8-10-16/h3-10H,11-13H2,1-2H3,(H,20,22)/p+1. The molecular formula is C18H22ClN2O2+. The van der Waals surface area contributed by atoms with E-state index in [0.717, 1.165) is 28.4 Å². The largest absolute Gasteiger partial charge is 0.487 e. The summed E-state index contributed by atoms with van der Waals surface area (Å²) in [4.78, 5) is 13.1. The van der Waals surface area contributed by atoms with Gasteiger partial charge in [-0.1, -0.05) is 29.8 Å². The van der Waals surface area contributed by atoms with Crippen LogP contribution in [0.4, 0.5) is 5.69 Å². The summed E-state index contributed by atoms with van der Waals surface area (Å²) in [7, 11) is 1.97. The molecule has 2 aromatic carbocycles. The third-order valence-electron chi connectivity index (χ3n) is 3.47. The maximum absolute atomic E-state index is 12.0. The van der Waals surface area contributed by atoms with Crippen LogP contribution in [0.25, 0.3) is 0 Å². The lowest BCUT2D eigenvalue weighted by Gasteiger charge is -2.15. The molecule has 5 heteroatoms. The van der Waals surface area contributed by atoms with Gasteiger partial charge in [-0.3, -0.25) is 4.79 Å². The number of hydrogen-bond donors (Lipinski definition) is 2. The molecule has 0 fully saturated rings. The van der Waals surface area contributed by atoms with Crippen molar-refractivity contribution in [1.29, 1.82) is 0 Å². The molecule has 0 saturated carbocycles. The molecule has 0 aliphatic heterocycles. The van der Waals surface area contributed by atoms with E-state index in [4.69, 9.17) is 16.3 Å². The van der Waals surface area contributed by atoms with Crippen LogP contribution in [0.3, 0.4) is 0 Å². The van der Waals surface area contributed by atoms with Gasteiger partial charge in [0.1, 0.15) is 18.9 Å². The molecule has 0 bridgehead atoms. The van der Waals surface area contributed by atoms with Crippen molar-refractivity contribution in [2.45, 2.75) is 6.92 Å². The van der Waals surface area contributed by atoms with Gasteiger partial charge in [-0.05, 0) is 42.8 Å². The van der Waals surface area contributed by atoms with Crippen LogP contribution in [-0.2, 0) is 4.79 Å². The smallest absolute Gasteiger partial charge is 0.279 e. The number of halogens is 1. The molecular weight excluding hydrogens is 312 g/mol. The Morgan fingerprint density at radius 3 is 2.57 bits per heavy atom. The van der Waals surface area contributed by atoms with Gasteiger partial charge in [0, 0.05) is 10.7 Å². The van der Waals surface area contributed by atoms with Crippen molar-refractivity contribution in [2.75, 3.05) is 32.1 Å². The van der Waals surface area contributed by atoms with Crippen molar-refractivity contribution in [3.63, 3.8) is 0 Å². The maximum atomic E-state index is 12.0. The van der Waals surface area contributed by atoms with Gasteiger partial charge in [-0.25, -0.2) is 0 Å². The maximum Gasteiger partial charge on any atom is 0.279 e. The van der Waals surface area contributed by atoms with Crippen LogP contribution < -0.4 is 15.0 Å². The third kappa shape index (κ3) is 5.93. The van der Waals surface area contributed by atoms with Crippen LogP contribution in [0, 0.1) is 6.92 Å². The van der Waals surface area contributed by atoms with Crippen LogP contribution in [0.1, 0.15) is 5.56 Å². The minimum Gasteiger partial charge on any atom is -0.487 e. The fraction of sp³-hybridized carbons (Fsp3) is 0.278. The Balaban J connectivity index is 1.71. The number of carbonyl (C=O) groups is 1. The first-order valence-electron chi connectivity index (χ1n) is 7.60. The topological polar surface area (TPSA) is 42.8 Å². The Labute approximate surface area is 142 Å². The number of aryl methyl sites for hydroxylation is 1. The number of quaternary nitrogens is 1. The summed E-state index contributed by atoms with van der Waals surface area (Å²) in [6.07, 6.45) is 0. The number of para-hydroxylation sites is 1. The van der Waals surface area contributed by atoms with Gasteiger partial charge in [0.15, 0.2) is 6.54 Å². The number of likely N-dealkylation sites (N-methyl/N-ethyl adjacent to an activating group) is 1. The lowest BCUT2D eigenvalue weighted by molar-refractivity contribution is -0.871. The molecule has 1 atom stereocenters. The molecule has 23 heavy (non-hydrogen) atoms. The lowest BCUT2D eigenvalue weighted by Crippen LogP contribution is -3.10. The molecule has 4 nitrogen and oxygen atoms in total. The van der Waals surface area contributed by atoms with Crippen LogP contribution in [0.15, 0.2) is 48.5 Å². The highest BCUT2D eigenvalue weighted by Crippen LogP contribution is 2.15. The summed E-state index contributed by atoms with van der Waals surface area (Å²) in [5.74, 6) is 0.867. The van der Waals surface area contributed by atoms with Crippen molar-refractivity contribution in [3.8, 4) is 5.75 Å². The van der Waals surface area contributed by atoms with E-state index in [1.807, 2.05) is 38.2 Å². The summed E-state index contributed by atoms with van der Waals surface area (Å²) in [5.41, 5.74) is 1.87. The Morgan fingerprint density at radius 2 is 1.87 bits per heavy atom. The molecule has 2 N–H and O–H groups in total. The predicted molar refractivity (Wildman–Crippen MR) is 93.4 cm³/mol. The lowest BCUT2D eigenvalue weighted by atomic mass is 10.2. The summed E-state index contributed by atoms with van der Waals surface area (Å²) < 4.78 is 5.75. The second kappa shape index (κ2) is 8.56. The van der Waals surface area contributed by atoms with Crippen molar-refractivity contribution < 1.29 is 14.4 Å². The van der Waals surface area contributed by atoms with Crippen molar-refractivity contribution in [3.05, 3.63) is 59.1 Å². The summed E-state index contributed by atoms with van der Waals surface area (Å²) in [5, 5.41) is 3.51.